The number of nitrogens with one attached hydrogen (secondary N) is 1. The minimum absolute atomic E-state index is 0.716. The molecule has 0 amide bonds. The van der Waals surface area contributed by atoms with Gasteiger partial charge in [0.15, 0.2) is 5.65 Å². The summed E-state index contributed by atoms with van der Waals surface area (Å²) in [5.74, 6) is 1.63. The van der Waals surface area contributed by atoms with Gasteiger partial charge in [-0.2, -0.15) is 0 Å². The standard InChI is InChI=1S/C15H14N4/c1-2-10(3-1)11-4-6-12(7-5-11)14-18-13-8-16-9-17-15(13)19-14/h4-10H,1-3H2,(H,16,17,18,19). The molecule has 1 aliphatic carbocycles. The van der Waals surface area contributed by atoms with Crippen molar-refractivity contribution in [1.29, 1.82) is 0 Å². The van der Waals surface area contributed by atoms with Crippen LogP contribution in [0.4, 0.5) is 0 Å². The first-order valence-corrected chi connectivity index (χ1v) is 6.66. The maximum Gasteiger partial charge on any atom is 0.181 e. The molecule has 4 nitrogen and oxygen atoms in total. The molecule has 4 rings (SSSR count). The van der Waals surface area contributed by atoms with E-state index in [1.165, 1.54) is 31.2 Å². The third-order valence-corrected chi connectivity index (χ3v) is 3.92. The molecule has 1 N–H and O–H groups in total. The summed E-state index contributed by atoms with van der Waals surface area (Å²) in [4.78, 5) is 15.9. The summed E-state index contributed by atoms with van der Waals surface area (Å²) in [5.41, 5.74) is 4.14. The SMILES string of the molecule is c1ncc2[nH]c(-c3ccc(C4CCC4)cc3)nc2n1. The highest BCUT2D eigenvalue weighted by Gasteiger charge is 2.19. The average Bonchev–Trinajstić information content (AvgIpc) is 2.81. The van der Waals surface area contributed by atoms with E-state index in [1.807, 2.05) is 0 Å². The molecule has 0 saturated heterocycles. The van der Waals surface area contributed by atoms with E-state index in [0.29, 0.717) is 5.65 Å². The molecule has 1 aliphatic rings. The average molecular weight is 250 g/mol. The molecule has 1 fully saturated rings. The lowest BCUT2D eigenvalue weighted by molar-refractivity contribution is 0.420. The summed E-state index contributed by atoms with van der Waals surface area (Å²) in [7, 11) is 0. The van der Waals surface area contributed by atoms with Crippen molar-refractivity contribution < 1.29 is 0 Å². The lowest BCUT2D eigenvalue weighted by Gasteiger charge is -2.25. The molecular formula is C15H14N4. The van der Waals surface area contributed by atoms with Gasteiger partial charge in [0.25, 0.3) is 0 Å². The zero-order valence-corrected chi connectivity index (χ0v) is 10.5. The van der Waals surface area contributed by atoms with Crippen LogP contribution in [0.5, 0.6) is 0 Å². The summed E-state index contributed by atoms with van der Waals surface area (Å²) in [6.45, 7) is 0. The predicted molar refractivity (Wildman–Crippen MR) is 73.7 cm³/mol. The van der Waals surface area contributed by atoms with E-state index in [9.17, 15) is 0 Å². The Morgan fingerprint density at radius 2 is 1.95 bits per heavy atom. The van der Waals surface area contributed by atoms with Gasteiger partial charge in [0.05, 0.1) is 6.20 Å². The van der Waals surface area contributed by atoms with Crippen LogP contribution in [-0.2, 0) is 0 Å². The smallest absolute Gasteiger partial charge is 0.181 e. The maximum atomic E-state index is 4.48. The van der Waals surface area contributed by atoms with Gasteiger partial charge in [0.1, 0.15) is 17.7 Å². The highest BCUT2D eigenvalue weighted by atomic mass is 15.0. The monoisotopic (exact) mass is 250 g/mol. The van der Waals surface area contributed by atoms with Gasteiger partial charge in [-0.25, -0.2) is 15.0 Å². The number of imidazole rings is 1. The van der Waals surface area contributed by atoms with Gasteiger partial charge in [0.2, 0.25) is 0 Å². The van der Waals surface area contributed by atoms with Gasteiger partial charge in [-0.05, 0) is 24.3 Å². The van der Waals surface area contributed by atoms with Gasteiger partial charge in [-0.3, -0.25) is 0 Å². The minimum atomic E-state index is 0.716. The van der Waals surface area contributed by atoms with Gasteiger partial charge >= 0.3 is 0 Å². The second-order valence-corrected chi connectivity index (χ2v) is 5.10. The Balaban J connectivity index is 1.70. The summed E-state index contributed by atoms with van der Waals surface area (Å²) in [6, 6.07) is 8.72. The number of aromatic nitrogens is 4. The molecule has 4 heteroatoms. The first-order valence-electron chi connectivity index (χ1n) is 6.66. The third kappa shape index (κ3) is 1.80. The van der Waals surface area contributed by atoms with Crippen molar-refractivity contribution in [2.75, 3.05) is 0 Å². The fraction of sp³-hybridized carbons (Fsp3) is 0.267. The Labute approximate surface area is 110 Å². The summed E-state index contributed by atoms with van der Waals surface area (Å²) < 4.78 is 0. The summed E-state index contributed by atoms with van der Waals surface area (Å²) in [5, 5.41) is 0. The van der Waals surface area contributed by atoms with Crippen LogP contribution >= 0.6 is 0 Å². The van der Waals surface area contributed by atoms with Gasteiger partial charge in [0, 0.05) is 5.56 Å². The van der Waals surface area contributed by atoms with Crippen molar-refractivity contribution in [2.24, 2.45) is 0 Å². The van der Waals surface area contributed by atoms with Crippen LogP contribution in [0.15, 0.2) is 36.8 Å². The van der Waals surface area contributed by atoms with Crippen LogP contribution in [0.25, 0.3) is 22.6 Å². The molecule has 0 radical (unpaired) electrons. The van der Waals surface area contributed by atoms with Gasteiger partial charge in [-0.1, -0.05) is 30.7 Å². The third-order valence-electron chi connectivity index (χ3n) is 3.92. The van der Waals surface area contributed by atoms with Crippen LogP contribution in [0.3, 0.4) is 0 Å². The zero-order valence-electron chi connectivity index (χ0n) is 10.5. The largest absolute Gasteiger partial charge is 0.335 e. The van der Waals surface area contributed by atoms with E-state index >= 15 is 0 Å². The van der Waals surface area contributed by atoms with Crippen LogP contribution in [0.2, 0.25) is 0 Å². The molecule has 0 atom stereocenters. The number of aromatic amines is 1. The highest BCUT2D eigenvalue weighted by molar-refractivity contribution is 5.74. The molecular weight excluding hydrogens is 236 g/mol. The van der Waals surface area contributed by atoms with Crippen molar-refractivity contribution in [2.45, 2.75) is 25.2 Å². The van der Waals surface area contributed by atoms with E-state index in [1.54, 1.807) is 6.20 Å². The number of hydrogen-bond donors (Lipinski definition) is 1. The molecule has 0 bridgehead atoms. The minimum Gasteiger partial charge on any atom is -0.335 e. The first-order chi connectivity index (χ1) is 9.40. The molecule has 94 valence electrons. The lowest BCUT2D eigenvalue weighted by atomic mass is 9.80. The molecule has 2 aromatic heterocycles. The maximum absolute atomic E-state index is 4.48. The number of fused-ring (bicyclic) bond motifs is 1. The van der Waals surface area contributed by atoms with E-state index in [0.717, 1.165) is 22.8 Å². The van der Waals surface area contributed by atoms with Crippen LogP contribution in [-0.4, -0.2) is 19.9 Å². The Kier molecular flexibility index (Phi) is 2.33. The zero-order chi connectivity index (χ0) is 12.7. The van der Waals surface area contributed by atoms with Crippen molar-refractivity contribution >= 4 is 11.2 Å². The lowest BCUT2D eigenvalue weighted by Crippen LogP contribution is -2.08. The summed E-state index contributed by atoms with van der Waals surface area (Å²) >= 11 is 0. The van der Waals surface area contributed by atoms with Crippen molar-refractivity contribution in [3.8, 4) is 11.4 Å². The number of H-pyrrole nitrogens is 1. The van der Waals surface area contributed by atoms with Gasteiger partial charge in [-0.15, -0.1) is 0 Å². The Hall–Kier alpha value is -2.23. The Morgan fingerprint density at radius 1 is 1.11 bits per heavy atom. The number of hydrogen-bond acceptors (Lipinski definition) is 3. The quantitative estimate of drug-likeness (QED) is 0.759. The number of rotatable bonds is 2. The second kappa shape index (κ2) is 4.16. The number of nitrogens with zero attached hydrogens (tertiary/aromatic N) is 3. The Morgan fingerprint density at radius 3 is 2.63 bits per heavy atom. The van der Waals surface area contributed by atoms with Crippen LogP contribution in [0.1, 0.15) is 30.7 Å². The van der Waals surface area contributed by atoms with E-state index in [2.05, 4.69) is 44.2 Å². The van der Waals surface area contributed by atoms with Crippen molar-refractivity contribution in [3.63, 3.8) is 0 Å². The van der Waals surface area contributed by atoms with E-state index in [4.69, 9.17) is 0 Å². The molecule has 0 spiro atoms. The van der Waals surface area contributed by atoms with E-state index < -0.39 is 0 Å². The second-order valence-electron chi connectivity index (χ2n) is 5.10. The van der Waals surface area contributed by atoms with Gasteiger partial charge < -0.3 is 4.98 Å². The highest BCUT2D eigenvalue weighted by Crippen LogP contribution is 2.36. The normalized spacial score (nSPS) is 15.6. The summed E-state index contributed by atoms with van der Waals surface area (Å²) in [6.07, 6.45) is 7.31. The first kappa shape index (κ1) is 10.7. The number of benzene rings is 1. The predicted octanol–water partition coefficient (Wildman–Crippen LogP) is 3.29. The molecule has 1 saturated carbocycles. The topological polar surface area (TPSA) is 54.5 Å². The molecule has 0 aliphatic heterocycles. The molecule has 0 unspecified atom stereocenters. The Bertz CT molecular complexity index is 677. The van der Waals surface area contributed by atoms with Crippen molar-refractivity contribution in [3.05, 3.63) is 42.4 Å². The molecule has 3 aromatic rings. The fourth-order valence-electron chi connectivity index (χ4n) is 2.55. The molecule has 1 aromatic carbocycles. The van der Waals surface area contributed by atoms with E-state index in [-0.39, 0.29) is 0 Å². The fourth-order valence-corrected chi connectivity index (χ4v) is 2.55. The van der Waals surface area contributed by atoms with Crippen LogP contribution in [0, 0.1) is 0 Å². The van der Waals surface area contributed by atoms with Crippen LogP contribution < -0.4 is 0 Å². The molecule has 19 heavy (non-hydrogen) atoms. The van der Waals surface area contributed by atoms with Crippen molar-refractivity contribution in [1.82, 2.24) is 19.9 Å². The molecule has 2 heterocycles.